The molecule has 0 aliphatic carbocycles. The third kappa shape index (κ3) is 3.14. The van der Waals surface area contributed by atoms with Crippen molar-refractivity contribution in [2.75, 3.05) is 4.90 Å². The van der Waals surface area contributed by atoms with Crippen LogP contribution in [0.1, 0.15) is 23.1 Å². The minimum Gasteiger partial charge on any atom is -0.372 e. The largest absolute Gasteiger partial charge is 0.372 e. The first-order chi connectivity index (χ1) is 13.6. The maximum absolute atomic E-state index is 13.4. The Balaban J connectivity index is 1.63. The van der Waals surface area contributed by atoms with E-state index in [0.717, 1.165) is 23.2 Å². The lowest BCUT2D eigenvalue weighted by Gasteiger charge is -2.25. The van der Waals surface area contributed by atoms with E-state index in [1.165, 1.54) is 0 Å². The zero-order valence-corrected chi connectivity index (χ0v) is 15.7. The first kappa shape index (κ1) is 18.2. The highest BCUT2D eigenvalue weighted by Gasteiger charge is 2.51. The number of aliphatic hydroxyl groups is 1. The first-order valence-corrected chi connectivity index (χ1v) is 9.50. The Bertz CT molecular complexity index is 997. The van der Waals surface area contributed by atoms with Gasteiger partial charge in [-0.05, 0) is 35.6 Å². The topological polar surface area (TPSA) is 40.5 Å². The number of amides is 1. The molecule has 140 valence electrons. The van der Waals surface area contributed by atoms with E-state index in [1.807, 2.05) is 84.9 Å². The number of rotatable bonds is 6. The quantitative estimate of drug-likeness (QED) is 0.645. The average Bonchev–Trinajstić information content (AvgIpc) is 2.96. The molecule has 1 atom stereocenters. The monoisotopic (exact) mass is 369 g/mol. The summed E-state index contributed by atoms with van der Waals surface area (Å²) >= 11 is 0. The van der Waals surface area contributed by atoms with Gasteiger partial charge in [-0.3, -0.25) is 4.79 Å². The van der Waals surface area contributed by atoms with Crippen LogP contribution in [0.15, 0.2) is 97.1 Å². The van der Waals surface area contributed by atoms with Crippen LogP contribution in [-0.4, -0.2) is 11.0 Å². The second-order valence-electron chi connectivity index (χ2n) is 7.19. The van der Waals surface area contributed by atoms with Crippen LogP contribution in [0.25, 0.3) is 0 Å². The third-order valence-electron chi connectivity index (χ3n) is 5.39. The van der Waals surface area contributed by atoms with Crippen molar-refractivity contribution in [1.82, 2.24) is 0 Å². The van der Waals surface area contributed by atoms with Crippen molar-refractivity contribution in [3.05, 3.63) is 114 Å². The zero-order valence-electron chi connectivity index (χ0n) is 15.7. The van der Waals surface area contributed by atoms with Gasteiger partial charge in [-0.15, -0.1) is 0 Å². The van der Waals surface area contributed by atoms with Crippen molar-refractivity contribution in [2.45, 2.75) is 25.0 Å². The second kappa shape index (κ2) is 7.45. The van der Waals surface area contributed by atoms with Gasteiger partial charge in [-0.2, -0.15) is 0 Å². The molecule has 0 radical (unpaired) electrons. The Kier molecular flexibility index (Phi) is 4.84. The van der Waals surface area contributed by atoms with Crippen LogP contribution in [0.4, 0.5) is 5.69 Å². The summed E-state index contributed by atoms with van der Waals surface area (Å²) in [4.78, 5) is 15.0. The fraction of sp³-hybridized carbons (Fsp3) is 0.160. The number of benzene rings is 3. The molecular weight excluding hydrogens is 346 g/mol. The molecule has 0 spiro atoms. The molecule has 0 fully saturated rings. The zero-order chi connectivity index (χ0) is 19.6. The first-order valence-electron chi connectivity index (χ1n) is 9.50. The Morgan fingerprint density at radius 3 is 2.11 bits per heavy atom. The Morgan fingerprint density at radius 2 is 1.43 bits per heavy atom. The number of hydrogen-bond donors (Lipinski definition) is 1. The van der Waals surface area contributed by atoms with Crippen molar-refractivity contribution in [1.29, 1.82) is 0 Å². The Hall–Kier alpha value is -3.17. The van der Waals surface area contributed by atoms with Gasteiger partial charge >= 0.3 is 0 Å². The van der Waals surface area contributed by atoms with Crippen LogP contribution in [0.5, 0.6) is 0 Å². The average molecular weight is 369 g/mol. The van der Waals surface area contributed by atoms with Gasteiger partial charge in [0.2, 0.25) is 0 Å². The van der Waals surface area contributed by atoms with Gasteiger partial charge in [0.15, 0.2) is 5.60 Å². The lowest BCUT2D eigenvalue weighted by molar-refractivity contribution is -0.132. The molecule has 0 bridgehead atoms. The number of anilines is 1. The van der Waals surface area contributed by atoms with Crippen LogP contribution < -0.4 is 4.90 Å². The summed E-state index contributed by atoms with van der Waals surface area (Å²) < 4.78 is 0. The lowest BCUT2D eigenvalue weighted by Crippen LogP contribution is -2.41. The molecule has 1 heterocycles. The standard InChI is InChI=1S/C25H23NO2/c1-19(16-17-20-10-4-2-5-11-20)25(28)22-14-8-9-15-23(22)26(24(25)27)18-21-12-6-3-7-13-21/h2-15,28H,1,16-18H2. The van der Waals surface area contributed by atoms with E-state index in [-0.39, 0.29) is 5.91 Å². The minimum atomic E-state index is -1.68. The van der Waals surface area contributed by atoms with E-state index in [1.54, 1.807) is 4.90 Å². The summed E-state index contributed by atoms with van der Waals surface area (Å²) in [5.74, 6) is -0.324. The van der Waals surface area contributed by atoms with Gasteiger partial charge in [0.05, 0.1) is 12.2 Å². The molecule has 3 nitrogen and oxygen atoms in total. The summed E-state index contributed by atoms with van der Waals surface area (Å²) in [5.41, 5.74) is 2.40. The SMILES string of the molecule is C=C(CCc1ccccc1)C1(O)C(=O)N(Cc2ccccc2)c2ccccc21. The Labute approximate surface area is 165 Å². The predicted octanol–water partition coefficient (Wildman–Crippen LogP) is 4.61. The number of hydrogen-bond acceptors (Lipinski definition) is 2. The molecule has 1 N–H and O–H groups in total. The van der Waals surface area contributed by atoms with E-state index >= 15 is 0 Å². The number of carbonyl (C=O) groups excluding carboxylic acids is 1. The summed E-state index contributed by atoms with van der Waals surface area (Å²) in [6, 6.07) is 27.3. The Morgan fingerprint density at radius 1 is 0.857 bits per heavy atom. The van der Waals surface area contributed by atoms with Crippen molar-refractivity contribution < 1.29 is 9.90 Å². The highest BCUT2D eigenvalue weighted by Crippen LogP contribution is 2.45. The van der Waals surface area contributed by atoms with E-state index in [9.17, 15) is 9.90 Å². The maximum Gasteiger partial charge on any atom is 0.268 e. The number of carbonyl (C=O) groups is 1. The minimum absolute atomic E-state index is 0.324. The third-order valence-corrected chi connectivity index (χ3v) is 5.39. The fourth-order valence-corrected chi connectivity index (χ4v) is 3.82. The number of aryl methyl sites for hydroxylation is 1. The molecule has 0 saturated heterocycles. The summed E-state index contributed by atoms with van der Waals surface area (Å²) in [6.07, 6.45) is 1.27. The molecule has 1 amide bonds. The maximum atomic E-state index is 13.4. The van der Waals surface area contributed by atoms with Crippen LogP contribution >= 0.6 is 0 Å². The molecule has 0 saturated carbocycles. The second-order valence-corrected chi connectivity index (χ2v) is 7.19. The van der Waals surface area contributed by atoms with Gasteiger partial charge in [0.1, 0.15) is 0 Å². The number of nitrogens with zero attached hydrogens (tertiary/aromatic N) is 1. The van der Waals surface area contributed by atoms with Gasteiger partial charge in [-0.25, -0.2) is 0 Å². The van der Waals surface area contributed by atoms with Gasteiger partial charge in [0, 0.05) is 5.56 Å². The van der Waals surface area contributed by atoms with Crippen molar-refractivity contribution in [2.24, 2.45) is 0 Å². The van der Waals surface area contributed by atoms with Crippen LogP contribution in [-0.2, 0) is 23.4 Å². The molecular formula is C25H23NO2. The smallest absolute Gasteiger partial charge is 0.268 e. The van der Waals surface area contributed by atoms with E-state index in [4.69, 9.17) is 0 Å². The fourth-order valence-electron chi connectivity index (χ4n) is 3.82. The normalized spacial score (nSPS) is 18.2. The summed E-state index contributed by atoms with van der Waals surface area (Å²) in [7, 11) is 0. The molecule has 3 heteroatoms. The van der Waals surface area contributed by atoms with Crippen LogP contribution in [0.3, 0.4) is 0 Å². The van der Waals surface area contributed by atoms with Crippen LogP contribution in [0.2, 0.25) is 0 Å². The van der Waals surface area contributed by atoms with E-state index in [2.05, 4.69) is 6.58 Å². The van der Waals surface area contributed by atoms with Crippen molar-refractivity contribution in [3.8, 4) is 0 Å². The molecule has 3 aromatic rings. The molecule has 0 aromatic heterocycles. The lowest BCUT2D eigenvalue weighted by atomic mass is 9.85. The summed E-state index contributed by atoms with van der Waals surface area (Å²) in [6.45, 7) is 4.54. The molecule has 4 rings (SSSR count). The van der Waals surface area contributed by atoms with Crippen LogP contribution in [0, 0.1) is 0 Å². The van der Waals surface area contributed by atoms with Gasteiger partial charge in [0.25, 0.3) is 5.91 Å². The summed E-state index contributed by atoms with van der Waals surface area (Å²) in [5, 5.41) is 11.5. The number of fused-ring (bicyclic) bond motifs is 1. The number of para-hydroxylation sites is 1. The van der Waals surface area contributed by atoms with Gasteiger partial charge in [-0.1, -0.05) is 85.4 Å². The molecule has 1 aliphatic rings. The van der Waals surface area contributed by atoms with Crippen molar-refractivity contribution in [3.63, 3.8) is 0 Å². The molecule has 3 aromatic carbocycles. The molecule has 1 aliphatic heterocycles. The highest BCUT2D eigenvalue weighted by molar-refractivity contribution is 6.08. The predicted molar refractivity (Wildman–Crippen MR) is 112 cm³/mol. The van der Waals surface area contributed by atoms with Gasteiger partial charge < -0.3 is 10.0 Å². The molecule has 28 heavy (non-hydrogen) atoms. The van der Waals surface area contributed by atoms with Crippen molar-refractivity contribution >= 4 is 11.6 Å². The highest BCUT2D eigenvalue weighted by atomic mass is 16.3. The molecule has 1 unspecified atom stereocenters. The van der Waals surface area contributed by atoms with E-state index in [0.29, 0.717) is 24.1 Å². The van der Waals surface area contributed by atoms with E-state index < -0.39 is 5.60 Å².